The second kappa shape index (κ2) is 22.1. The summed E-state index contributed by atoms with van der Waals surface area (Å²) in [6.07, 6.45) is 15.3. The lowest BCUT2D eigenvalue weighted by Crippen LogP contribution is -2.61. The molecule has 0 aromatic heterocycles. The van der Waals surface area contributed by atoms with E-state index in [1.807, 2.05) is 45.1 Å². The predicted molar refractivity (Wildman–Crippen MR) is 224 cm³/mol. The number of esters is 1. The van der Waals surface area contributed by atoms with Gasteiger partial charge in [0.25, 0.3) is 11.7 Å². The number of fused-ring (bicyclic) bond motifs is 3. The molecule has 0 unspecified atom stereocenters. The first-order chi connectivity index (χ1) is 27.5. The van der Waals surface area contributed by atoms with E-state index in [0.29, 0.717) is 55.6 Å². The summed E-state index contributed by atoms with van der Waals surface area (Å²) in [5.41, 5.74) is 1.99. The number of allylic oxidation sites excluding steroid dienone is 5. The molecule has 11 nitrogen and oxygen atoms in total. The third kappa shape index (κ3) is 12.6. The number of ketones is 1. The number of rotatable bonds is 4. The van der Waals surface area contributed by atoms with Gasteiger partial charge in [-0.25, -0.2) is 4.79 Å². The SMILES string of the molecule is C=C1[C@H](C)C[C@H](C)/C=C/C=C/C=C(\C)[C@@H](OC)C[C@@H]2CC[C@@H](C)[C@@](O)(O2)C(=O)C(=O)N2CCCC[C@H]2C(=O)O[C@H]([C@H](C)CC2CCC(O)CC2)C/C=C(\C)[C@@H](O)[C@H]1O. The Bertz CT molecular complexity index is 1530. The summed E-state index contributed by atoms with van der Waals surface area (Å²) < 4.78 is 18.3. The van der Waals surface area contributed by atoms with Crippen molar-refractivity contribution in [2.75, 3.05) is 13.7 Å². The number of nitrogens with zero attached hydrogens (tertiary/aromatic N) is 1. The monoisotopic (exact) mass is 812 g/mol. The molecule has 1 amide bonds. The van der Waals surface area contributed by atoms with Gasteiger partial charge < -0.3 is 39.5 Å². The van der Waals surface area contributed by atoms with Crippen LogP contribution in [0, 0.1) is 29.6 Å². The summed E-state index contributed by atoms with van der Waals surface area (Å²) in [7, 11) is 1.60. The highest BCUT2D eigenvalue weighted by Crippen LogP contribution is 2.37. The molecule has 11 heteroatoms. The van der Waals surface area contributed by atoms with E-state index >= 15 is 0 Å². The molecule has 0 aromatic carbocycles. The fourth-order valence-corrected chi connectivity index (χ4v) is 9.18. The van der Waals surface area contributed by atoms with Gasteiger partial charge in [-0.05, 0) is 125 Å². The fourth-order valence-electron chi connectivity index (χ4n) is 9.18. The van der Waals surface area contributed by atoms with E-state index in [-0.39, 0.29) is 42.9 Å². The topological polar surface area (TPSA) is 163 Å². The van der Waals surface area contributed by atoms with Crippen molar-refractivity contribution in [2.45, 2.75) is 173 Å². The van der Waals surface area contributed by atoms with Crippen molar-refractivity contribution in [2.24, 2.45) is 29.6 Å². The molecule has 0 radical (unpaired) electrons. The van der Waals surface area contributed by atoms with Crippen molar-refractivity contribution < 1.29 is 49.0 Å². The second-order valence-electron chi connectivity index (χ2n) is 18.0. The first-order valence-corrected chi connectivity index (χ1v) is 21.9. The molecule has 1 saturated carbocycles. The van der Waals surface area contributed by atoms with E-state index in [2.05, 4.69) is 19.6 Å². The van der Waals surface area contributed by atoms with Crippen LogP contribution in [0.4, 0.5) is 0 Å². The third-order valence-corrected chi connectivity index (χ3v) is 13.4. The quantitative estimate of drug-likeness (QED) is 0.137. The van der Waals surface area contributed by atoms with E-state index in [0.717, 1.165) is 44.1 Å². The van der Waals surface area contributed by atoms with Crippen molar-refractivity contribution in [3.8, 4) is 0 Å². The van der Waals surface area contributed by atoms with Crippen LogP contribution < -0.4 is 0 Å². The summed E-state index contributed by atoms with van der Waals surface area (Å²) in [5, 5.41) is 44.5. The van der Waals surface area contributed by atoms with Gasteiger partial charge in [0.2, 0.25) is 5.79 Å². The number of piperidine rings is 1. The van der Waals surface area contributed by atoms with Crippen molar-refractivity contribution in [1.29, 1.82) is 0 Å². The highest BCUT2D eigenvalue weighted by molar-refractivity contribution is 6.39. The van der Waals surface area contributed by atoms with Gasteiger partial charge in [0.1, 0.15) is 24.4 Å². The summed E-state index contributed by atoms with van der Waals surface area (Å²) in [4.78, 5) is 43.6. The third-order valence-electron chi connectivity index (χ3n) is 13.4. The first kappa shape index (κ1) is 47.7. The molecule has 1 aliphatic carbocycles. The maximum absolute atomic E-state index is 14.2. The second-order valence-corrected chi connectivity index (χ2v) is 18.0. The van der Waals surface area contributed by atoms with Gasteiger partial charge >= 0.3 is 5.97 Å². The zero-order valence-corrected chi connectivity index (χ0v) is 36.2. The molecule has 3 fully saturated rings. The lowest BCUT2D eigenvalue weighted by Gasteiger charge is -2.42. The van der Waals surface area contributed by atoms with Gasteiger partial charge in [-0.1, -0.05) is 70.7 Å². The number of carbonyl (C=O) groups excluding carboxylic acids is 3. The maximum atomic E-state index is 14.2. The number of cyclic esters (lactones) is 1. The molecular weight excluding hydrogens is 739 g/mol. The van der Waals surface area contributed by atoms with Crippen molar-refractivity contribution in [3.05, 3.63) is 59.8 Å². The van der Waals surface area contributed by atoms with Crippen LogP contribution in [0.15, 0.2) is 59.8 Å². The van der Waals surface area contributed by atoms with Crippen LogP contribution in [0.3, 0.4) is 0 Å². The summed E-state index contributed by atoms with van der Waals surface area (Å²) in [5.74, 6) is -5.36. The molecule has 0 aromatic rings. The minimum Gasteiger partial charge on any atom is -0.460 e. The zero-order valence-electron chi connectivity index (χ0n) is 36.2. The van der Waals surface area contributed by atoms with E-state index < -0.39 is 59.8 Å². The van der Waals surface area contributed by atoms with Crippen LogP contribution in [0.5, 0.6) is 0 Å². The number of carbonyl (C=O) groups is 3. The summed E-state index contributed by atoms with van der Waals surface area (Å²) in [6, 6.07) is -1.02. The molecule has 2 saturated heterocycles. The summed E-state index contributed by atoms with van der Waals surface area (Å²) in [6.45, 7) is 15.8. The van der Waals surface area contributed by atoms with Crippen molar-refractivity contribution >= 4 is 17.7 Å². The van der Waals surface area contributed by atoms with Gasteiger partial charge in [-0.15, -0.1) is 0 Å². The van der Waals surface area contributed by atoms with Gasteiger partial charge in [0.15, 0.2) is 0 Å². The fraction of sp³-hybridized carbons (Fsp3) is 0.723. The molecule has 3 heterocycles. The molecular formula is C47H73NO10. The highest BCUT2D eigenvalue weighted by atomic mass is 16.6. The van der Waals surface area contributed by atoms with Crippen LogP contribution >= 0.6 is 0 Å². The van der Waals surface area contributed by atoms with Gasteiger partial charge in [-0.2, -0.15) is 0 Å². The van der Waals surface area contributed by atoms with Crippen molar-refractivity contribution in [3.63, 3.8) is 0 Å². The number of Topliss-reactive ketones (excluding diaryl/α,β-unsaturated/α-hetero) is 1. The lowest BCUT2D eigenvalue weighted by molar-refractivity contribution is -0.265. The standard InChI is InChI=1S/C47H73NO10/c1-29-14-10-9-11-15-30(2)41(56-8)28-38-23-18-34(6)47(55,58-38)44(52)45(53)48-25-13-12-16-39(48)46(54)57-40(33(5)27-36-19-21-37(49)22-20-36)24-17-31(3)42(50)43(51)35(7)32(4)26-29/h9-11,14-15,17,29,32-34,36-43,49-51,55H,7,12-13,16,18-28H2,1-6,8H3/b11-9+,14-10+,30-15+,31-17+/t29-,32-,33-,34-,36?,37?,38+,39+,40+,41+,42-,43+,47-/m1/s1. The Morgan fingerprint density at radius 3 is 2.31 bits per heavy atom. The molecule has 326 valence electrons. The number of ether oxygens (including phenoxy) is 3. The van der Waals surface area contributed by atoms with Crippen LogP contribution in [0.1, 0.15) is 125 Å². The molecule has 4 N–H and O–H groups in total. The van der Waals surface area contributed by atoms with Crippen molar-refractivity contribution in [1.82, 2.24) is 4.90 Å². The Hall–Kier alpha value is -2.93. The minimum absolute atomic E-state index is 0.0771. The Kier molecular flexibility index (Phi) is 18.2. The van der Waals surface area contributed by atoms with Gasteiger partial charge in [0.05, 0.1) is 18.3 Å². The molecule has 4 aliphatic rings. The van der Waals surface area contributed by atoms with Crippen LogP contribution in [0.2, 0.25) is 0 Å². The molecule has 4 rings (SSSR count). The maximum Gasteiger partial charge on any atom is 0.329 e. The van der Waals surface area contributed by atoms with Crippen LogP contribution in [0.25, 0.3) is 0 Å². The summed E-state index contributed by atoms with van der Waals surface area (Å²) >= 11 is 0. The number of hydrogen-bond acceptors (Lipinski definition) is 10. The average molecular weight is 812 g/mol. The number of hydrogen-bond donors (Lipinski definition) is 4. The van der Waals surface area contributed by atoms with E-state index in [1.165, 1.54) is 4.90 Å². The Morgan fingerprint density at radius 1 is 0.914 bits per heavy atom. The van der Waals surface area contributed by atoms with Crippen LogP contribution in [-0.2, 0) is 28.6 Å². The molecule has 0 spiro atoms. The number of aliphatic hydroxyl groups is 4. The number of methoxy groups -OCH3 is 1. The average Bonchev–Trinajstić information content (AvgIpc) is 3.21. The normalized spacial score (nSPS) is 40.8. The zero-order chi connectivity index (χ0) is 42.7. The molecule has 11 atom stereocenters. The lowest BCUT2D eigenvalue weighted by atomic mass is 9.80. The Morgan fingerprint density at radius 2 is 1.62 bits per heavy atom. The van der Waals surface area contributed by atoms with Crippen LogP contribution in [-0.4, -0.2) is 105 Å². The smallest absolute Gasteiger partial charge is 0.329 e. The minimum atomic E-state index is -2.37. The molecule has 58 heavy (non-hydrogen) atoms. The molecule has 3 aliphatic heterocycles. The number of aliphatic hydroxyl groups excluding tert-OH is 3. The van der Waals surface area contributed by atoms with E-state index in [9.17, 15) is 34.8 Å². The number of amides is 1. The first-order valence-electron chi connectivity index (χ1n) is 21.9. The Labute approximate surface area is 347 Å². The van der Waals surface area contributed by atoms with Gasteiger partial charge in [-0.3, -0.25) is 9.59 Å². The van der Waals surface area contributed by atoms with E-state index in [4.69, 9.17) is 14.2 Å². The van der Waals surface area contributed by atoms with Gasteiger partial charge in [0, 0.05) is 32.4 Å². The Balaban J connectivity index is 1.67. The van der Waals surface area contributed by atoms with E-state index in [1.54, 1.807) is 27.0 Å². The highest BCUT2D eigenvalue weighted by Gasteiger charge is 2.53. The predicted octanol–water partition coefficient (Wildman–Crippen LogP) is 6.68. The molecule has 2 bridgehead atoms. The largest absolute Gasteiger partial charge is 0.460 e.